The van der Waals surface area contributed by atoms with Crippen LogP contribution in [0.4, 0.5) is 19.3 Å². The number of nitrogens with zero attached hydrogens (tertiary/aromatic N) is 1. The molecule has 2 aromatic rings. The molecule has 0 spiro atoms. The lowest BCUT2D eigenvalue weighted by Gasteiger charge is -2.38. The second-order valence-corrected chi connectivity index (χ2v) is 14.8. The van der Waals surface area contributed by atoms with Gasteiger partial charge in [-0.3, -0.25) is 4.79 Å². The Labute approximate surface area is 276 Å². The van der Waals surface area contributed by atoms with Crippen molar-refractivity contribution in [1.29, 1.82) is 0 Å². The number of piperazine rings is 1. The van der Waals surface area contributed by atoms with Gasteiger partial charge in [-0.15, -0.1) is 0 Å². The molecule has 2 heterocycles. The van der Waals surface area contributed by atoms with Crippen molar-refractivity contribution in [2.24, 2.45) is 5.92 Å². The van der Waals surface area contributed by atoms with E-state index in [9.17, 15) is 22.4 Å². The zero-order chi connectivity index (χ0) is 33.6. The molecule has 0 aromatic heterocycles. The predicted octanol–water partition coefficient (Wildman–Crippen LogP) is 4.71. The Morgan fingerprint density at radius 3 is 2.51 bits per heavy atom. The number of anilines is 1. The Morgan fingerprint density at radius 2 is 1.81 bits per heavy atom. The number of benzene rings is 2. The van der Waals surface area contributed by atoms with Gasteiger partial charge in [0.05, 0.1) is 19.0 Å². The number of hydrogen-bond donors (Lipinski definition) is 3. The van der Waals surface area contributed by atoms with E-state index in [1.807, 2.05) is 6.92 Å². The number of nitrogens with one attached hydrogen (secondary N) is 3. The molecule has 10 nitrogen and oxygen atoms in total. The lowest BCUT2D eigenvalue weighted by Crippen LogP contribution is -2.57. The fraction of sp³-hybridized carbons (Fsp3) is 0.588. The molecule has 258 valence electrons. The van der Waals surface area contributed by atoms with Gasteiger partial charge >= 0.3 is 6.09 Å². The van der Waals surface area contributed by atoms with Gasteiger partial charge < -0.3 is 25.4 Å². The molecular formula is C34H46F2N4O6S. The van der Waals surface area contributed by atoms with Gasteiger partial charge in [0, 0.05) is 48.9 Å². The SMILES string of the molecule is CCOC1CCC([C@H](c2ccc(F)cc2)[C@H](NC(=O)OC)C(=O)Nc2cccc(F)c2CCC2CN[C@@H]3CCCS(=O)(=O)N2C3)CC1. The molecule has 3 aliphatic rings. The van der Waals surface area contributed by atoms with Crippen molar-refractivity contribution in [2.75, 3.05) is 37.9 Å². The Bertz CT molecular complexity index is 1490. The van der Waals surface area contributed by atoms with E-state index >= 15 is 4.39 Å². The Balaban J connectivity index is 1.40. The van der Waals surface area contributed by atoms with Crippen molar-refractivity contribution in [3.05, 3.63) is 65.2 Å². The number of carbonyl (C=O) groups excluding carboxylic acids is 2. The molecule has 2 amide bonds. The molecule has 1 saturated carbocycles. The maximum Gasteiger partial charge on any atom is 0.407 e. The number of alkyl carbamates (subject to hydrolysis) is 1. The summed E-state index contributed by atoms with van der Waals surface area (Å²) < 4.78 is 67.7. The van der Waals surface area contributed by atoms with Crippen molar-refractivity contribution in [3.63, 3.8) is 0 Å². The summed E-state index contributed by atoms with van der Waals surface area (Å²) in [5.74, 6) is -2.00. The third-order valence-corrected chi connectivity index (χ3v) is 11.8. The molecule has 13 heteroatoms. The van der Waals surface area contributed by atoms with E-state index in [1.54, 1.807) is 22.5 Å². The second kappa shape index (κ2) is 15.8. The van der Waals surface area contributed by atoms with Crippen LogP contribution >= 0.6 is 0 Å². The van der Waals surface area contributed by atoms with Crippen LogP contribution in [-0.2, 0) is 30.7 Å². The number of hydrogen-bond acceptors (Lipinski definition) is 7. The van der Waals surface area contributed by atoms with Crippen LogP contribution in [0, 0.1) is 17.6 Å². The van der Waals surface area contributed by atoms with Crippen molar-refractivity contribution in [1.82, 2.24) is 14.9 Å². The molecule has 2 saturated heterocycles. The molecule has 3 fully saturated rings. The van der Waals surface area contributed by atoms with Gasteiger partial charge in [0.25, 0.3) is 0 Å². The maximum atomic E-state index is 15.4. The Kier molecular flexibility index (Phi) is 11.9. The summed E-state index contributed by atoms with van der Waals surface area (Å²) in [5.41, 5.74) is 1.18. The molecule has 3 N–H and O–H groups in total. The third-order valence-electron chi connectivity index (χ3n) is 9.85. The van der Waals surface area contributed by atoms with Crippen molar-refractivity contribution in [2.45, 2.75) is 88.4 Å². The molecule has 1 aliphatic carbocycles. The summed E-state index contributed by atoms with van der Waals surface area (Å²) in [4.78, 5) is 26.8. The number of carbonyl (C=O) groups is 2. The first-order valence-electron chi connectivity index (χ1n) is 16.6. The van der Waals surface area contributed by atoms with Gasteiger partial charge in [0.1, 0.15) is 17.7 Å². The van der Waals surface area contributed by atoms with E-state index in [2.05, 4.69) is 16.0 Å². The number of methoxy groups -OCH3 is 1. The Morgan fingerprint density at radius 1 is 1.06 bits per heavy atom. The van der Waals surface area contributed by atoms with E-state index < -0.39 is 45.6 Å². The minimum atomic E-state index is -3.42. The summed E-state index contributed by atoms with van der Waals surface area (Å²) in [6.45, 7) is 3.42. The highest BCUT2D eigenvalue weighted by molar-refractivity contribution is 7.89. The summed E-state index contributed by atoms with van der Waals surface area (Å²) >= 11 is 0. The molecule has 2 aliphatic heterocycles. The number of fused-ring (bicyclic) bond motifs is 2. The summed E-state index contributed by atoms with van der Waals surface area (Å²) in [7, 11) is -2.21. The monoisotopic (exact) mass is 676 g/mol. The molecule has 2 bridgehead atoms. The highest BCUT2D eigenvalue weighted by Gasteiger charge is 2.40. The van der Waals surface area contributed by atoms with Crippen molar-refractivity contribution < 1.29 is 36.3 Å². The fourth-order valence-electron chi connectivity index (χ4n) is 7.47. The van der Waals surface area contributed by atoms with E-state index in [0.717, 1.165) is 32.1 Å². The lowest BCUT2D eigenvalue weighted by atomic mass is 9.72. The summed E-state index contributed by atoms with van der Waals surface area (Å²) in [6, 6.07) is 8.96. The number of rotatable bonds is 11. The zero-order valence-electron chi connectivity index (χ0n) is 27.1. The van der Waals surface area contributed by atoms with Crippen LogP contribution < -0.4 is 16.0 Å². The molecular weight excluding hydrogens is 630 g/mol. The van der Waals surface area contributed by atoms with Crippen LogP contribution in [0.5, 0.6) is 0 Å². The molecule has 47 heavy (non-hydrogen) atoms. The van der Waals surface area contributed by atoms with Crippen LogP contribution in [0.2, 0.25) is 0 Å². The molecule has 5 rings (SSSR count). The van der Waals surface area contributed by atoms with E-state index in [0.29, 0.717) is 38.1 Å². The van der Waals surface area contributed by atoms with Crippen LogP contribution in [-0.4, -0.2) is 81.5 Å². The number of sulfonamides is 1. The highest BCUT2D eigenvalue weighted by atomic mass is 32.2. The van der Waals surface area contributed by atoms with Gasteiger partial charge in [-0.1, -0.05) is 18.2 Å². The van der Waals surface area contributed by atoms with Crippen molar-refractivity contribution in [3.8, 4) is 0 Å². The quantitative estimate of drug-likeness (QED) is 0.315. The summed E-state index contributed by atoms with van der Waals surface area (Å²) in [6.07, 6.45) is 4.23. The fourth-order valence-corrected chi connectivity index (χ4v) is 9.28. The molecule has 2 unspecified atom stereocenters. The van der Waals surface area contributed by atoms with Gasteiger partial charge in [0.15, 0.2) is 0 Å². The van der Waals surface area contributed by atoms with E-state index in [1.165, 1.54) is 31.4 Å². The average molecular weight is 677 g/mol. The lowest BCUT2D eigenvalue weighted by molar-refractivity contribution is -0.119. The maximum absolute atomic E-state index is 15.4. The highest BCUT2D eigenvalue weighted by Crippen LogP contribution is 2.40. The summed E-state index contributed by atoms with van der Waals surface area (Å²) in [5, 5.41) is 9.02. The zero-order valence-corrected chi connectivity index (χ0v) is 27.9. The van der Waals surface area contributed by atoms with Crippen LogP contribution in [0.3, 0.4) is 0 Å². The number of amides is 2. The third kappa shape index (κ3) is 8.67. The average Bonchev–Trinajstić information content (AvgIpc) is 3.17. The van der Waals surface area contributed by atoms with Gasteiger partial charge in [-0.25, -0.2) is 22.0 Å². The topological polar surface area (TPSA) is 126 Å². The van der Waals surface area contributed by atoms with E-state index in [4.69, 9.17) is 9.47 Å². The smallest absolute Gasteiger partial charge is 0.407 e. The normalized spacial score (nSPS) is 26.8. The molecule has 5 atom stereocenters. The predicted molar refractivity (Wildman–Crippen MR) is 174 cm³/mol. The number of halogens is 2. The van der Waals surface area contributed by atoms with E-state index in [-0.39, 0.29) is 47.5 Å². The standard InChI is InChI=1S/C34H46F2N4O6S/c1-3-46-27-16-11-23(12-17-27)31(22-9-13-24(35)14-10-22)32(39-34(42)45-2)33(41)38-30-8-4-7-29(36)28(30)18-15-26-20-37-25-6-5-19-47(43,44)40(26)21-25/h4,7-10,13-14,23,25-27,31-32,37H,3,5-6,11-12,15-21H2,1-2H3,(H,38,41)(H,39,42)/t23?,25-,26?,27?,31+,32+/m1/s1. The Hall–Kier alpha value is -3.13. The molecule has 2 aromatic carbocycles. The minimum Gasteiger partial charge on any atom is -0.453 e. The largest absolute Gasteiger partial charge is 0.453 e. The first-order valence-corrected chi connectivity index (χ1v) is 18.2. The second-order valence-electron chi connectivity index (χ2n) is 12.8. The number of ether oxygens (including phenoxy) is 2. The van der Waals surface area contributed by atoms with Crippen LogP contribution in [0.25, 0.3) is 0 Å². The molecule has 0 radical (unpaired) electrons. The van der Waals surface area contributed by atoms with Gasteiger partial charge in [0.2, 0.25) is 15.9 Å². The van der Waals surface area contributed by atoms with Gasteiger partial charge in [-0.2, -0.15) is 4.31 Å². The first kappa shape index (κ1) is 35.2. The van der Waals surface area contributed by atoms with Gasteiger partial charge in [-0.05, 0) is 94.0 Å². The van der Waals surface area contributed by atoms with Crippen LogP contribution in [0.1, 0.15) is 68.9 Å². The minimum absolute atomic E-state index is 0.0461. The van der Waals surface area contributed by atoms with Crippen LogP contribution in [0.15, 0.2) is 42.5 Å². The van der Waals surface area contributed by atoms with Crippen molar-refractivity contribution >= 4 is 27.7 Å². The first-order chi connectivity index (χ1) is 22.6.